The van der Waals surface area contributed by atoms with E-state index in [1.807, 2.05) is 0 Å². The van der Waals surface area contributed by atoms with Gasteiger partial charge in [-0.2, -0.15) is 13.2 Å². The number of thioether (sulfide) groups is 1. The second kappa shape index (κ2) is 5.85. The molecule has 1 rings (SSSR count). The largest absolute Gasteiger partial charge is 0.441 e. The van der Waals surface area contributed by atoms with E-state index in [9.17, 15) is 13.2 Å². The minimum atomic E-state index is -4.06. The number of nitrogens with one attached hydrogen (secondary N) is 1. The second-order valence-corrected chi connectivity index (χ2v) is 4.81. The molecular weight excluding hydrogens is 211 g/mol. The van der Waals surface area contributed by atoms with Crippen LogP contribution in [0.15, 0.2) is 0 Å². The molecule has 0 radical (unpaired) electrons. The fraction of sp³-hybridized carbons (Fsp3) is 1.00. The molecule has 14 heavy (non-hydrogen) atoms. The van der Waals surface area contributed by atoms with Crippen molar-refractivity contribution in [1.29, 1.82) is 0 Å². The monoisotopic (exact) mass is 227 g/mol. The van der Waals surface area contributed by atoms with Gasteiger partial charge in [0.1, 0.15) is 0 Å². The van der Waals surface area contributed by atoms with Gasteiger partial charge in [-0.05, 0) is 38.3 Å². The summed E-state index contributed by atoms with van der Waals surface area (Å²) < 4.78 is 35.5. The van der Waals surface area contributed by atoms with Crippen LogP contribution in [-0.4, -0.2) is 24.4 Å². The number of hydrogen-bond donors (Lipinski definition) is 1. The average Bonchev–Trinajstić information content (AvgIpc) is 2.30. The van der Waals surface area contributed by atoms with E-state index >= 15 is 0 Å². The molecule has 0 bridgehead atoms. The lowest BCUT2D eigenvalue weighted by Crippen LogP contribution is -2.21. The van der Waals surface area contributed by atoms with Crippen molar-refractivity contribution in [1.82, 2.24) is 5.32 Å². The topological polar surface area (TPSA) is 12.0 Å². The van der Waals surface area contributed by atoms with Gasteiger partial charge in [0.25, 0.3) is 0 Å². The molecule has 84 valence electrons. The summed E-state index contributed by atoms with van der Waals surface area (Å²) in [5, 5.41) is 3.25. The number of alkyl halides is 3. The van der Waals surface area contributed by atoms with Crippen LogP contribution in [0.5, 0.6) is 0 Å². The maximum absolute atomic E-state index is 11.8. The lowest BCUT2D eigenvalue weighted by atomic mass is 10.0. The molecule has 0 amide bonds. The zero-order valence-corrected chi connectivity index (χ0v) is 8.89. The van der Waals surface area contributed by atoms with E-state index in [4.69, 9.17) is 0 Å². The lowest BCUT2D eigenvalue weighted by Gasteiger charge is -2.14. The summed E-state index contributed by atoms with van der Waals surface area (Å²) in [6, 6.07) is 0. The van der Waals surface area contributed by atoms with Gasteiger partial charge in [0.15, 0.2) is 0 Å². The maximum Gasteiger partial charge on any atom is 0.441 e. The Morgan fingerprint density at radius 2 is 2.07 bits per heavy atom. The summed E-state index contributed by atoms with van der Waals surface area (Å²) in [7, 11) is 0. The van der Waals surface area contributed by atoms with Crippen molar-refractivity contribution in [3.63, 3.8) is 0 Å². The molecule has 0 aromatic carbocycles. The number of halogens is 3. The Hall–Kier alpha value is 0.1000. The van der Waals surface area contributed by atoms with Crippen LogP contribution in [0.2, 0.25) is 0 Å². The molecule has 1 N–H and O–H groups in total. The van der Waals surface area contributed by atoms with E-state index in [0.29, 0.717) is 12.3 Å². The molecule has 0 saturated carbocycles. The van der Waals surface area contributed by atoms with Gasteiger partial charge in [-0.3, -0.25) is 0 Å². The smallest absolute Gasteiger partial charge is 0.316 e. The summed E-state index contributed by atoms with van der Waals surface area (Å²) in [4.78, 5) is 0. The number of rotatable bonds is 3. The minimum Gasteiger partial charge on any atom is -0.316 e. The van der Waals surface area contributed by atoms with Crippen molar-refractivity contribution in [2.24, 2.45) is 5.92 Å². The molecule has 0 aliphatic carbocycles. The van der Waals surface area contributed by atoms with Crippen molar-refractivity contribution in [3.8, 4) is 0 Å². The molecule has 5 heteroatoms. The normalized spacial score (nSPS) is 24.6. The van der Waals surface area contributed by atoms with Crippen LogP contribution in [0, 0.1) is 5.92 Å². The standard InChI is InChI=1S/C9H16F3NS/c10-9(11,12)14-6-4-8-3-1-2-5-13-7-8/h8,13H,1-7H2. The molecule has 1 fully saturated rings. The van der Waals surface area contributed by atoms with Gasteiger partial charge in [0, 0.05) is 5.75 Å². The molecule has 1 heterocycles. The van der Waals surface area contributed by atoms with E-state index in [1.54, 1.807) is 0 Å². The van der Waals surface area contributed by atoms with E-state index in [1.165, 1.54) is 0 Å². The van der Waals surface area contributed by atoms with Crippen molar-refractivity contribution in [3.05, 3.63) is 0 Å². The molecular formula is C9H16F3NS. The quantitative estimate of drug-likeness (QED) is 0.795. The van der Waals surface area contributed by atoms with Gasteiger partial charge in [0.05, 0.1) is 0 Å². The predicted molar refractivity (Wildman–Crippen MR) is 53.3 cm³/mol. The maximum atomic E-state index is 11.8. The third-order valence-corrected chi connectivity index (χ3v) is 3.21. The first-order valence-electron chi connectivity index (χ1n) is 4.99. The predicted octanol–water partition coefficient (Wildman–Crippen LogP) is 3.02. The Morgan fingerprint density at radius 1 is 1.29 bits per heavy atom. The van der Waals surface area contributed by atoms with Crippen LogP contribution in [-0.2, 0) is 0 Å². The van der Waals surface area contributed by atoms with E-state index in [-0.39, 0.29) is 17.5 Å². The molecule has 0 aromatic heterocycles. The number of hydrogen-bond acceptors (Lipinski definition) is 2. The Bertz CT molecular complexity index is 153. The highest BCUT2D eigenvalue weighted by molar-refractivity contribution is 8.00. The first-order chi connectivity index (χ1) is 6.58. The highest BCUT2D eigenvalue weighted by atomic mass is 32.2. The average molecular weight is 227 g/mol. The van der Waals surface area contributed by atoms with Crippen LogP contribution in [0.3, 0.4) is 0 Å². The Kier molecular flexibility index (Phi) is 5.09. The summed E-state index contributed by atoms with van der Waals surface area (Å²) in [6.07, 6.45) is 4.06. The van der Waals surface area contributed by atoms with E-state index in [2.05, 4.69) is 5.32 Å². The van der Waals surface area contributed by atoms with E-state index in [0.717, 1.165) is 32.4 Å². The summed E-state index contributed by atoms with van der Waals surface area (Å²) in [6.45, 7) is 1.90. The lowest BCUT2D eigenvalue weighted by molar-refractivity contribution is -0.0328. The van der Waals surface area contributed by atoms with Crippen molar-refractivity contribution in [2.45, 2.75) is 31.2 Å². The van der Waals surface area contributed by atoms with Gasteiger partial charge in [-0.25, -0.2) is 0 Å². The minimum absolute atomic E-state index is 0.106. The van der Waals surface area contributed by atoms with Crippen molar-refractivity contribution < 1.29 is 13.2 Å². The molecule has 1 unspecified atom stereocenters. The van der Waals surface area contributed by atoms with Crippen LogP contribution >= 0.6 is 11.8 Å². The van der Waals surface area contributed by atoms with Gasteiger partial charge >= 0.3 is 5.51 Å². The van der Waals surface area contributed by atoms with Gasteiger partial charge in [0.2, 0.25) is 0 Å². The molecule has 1 aliphatic rings. The molecule has 1 saturated heterocycles. The summed E-state index contributed by atoms with van der Waals surface area (Å²) >= 11 is 0.106. The highest BCUT2D eigenvalue weighted by Crippen LogP contribution is 2.31. The third-order valence-electron chi connectivity index (χ3n) is 2.44. The second-order valence-electron chi connectivity index (χ2n) is 3.65. The zero-order valence-electron chi connectivity index (χ0n) is 8.07. The van der Waals surface area contributed by atoms with Crippen LogP contribution in [0.25, 0.3) is 0 Å². The molecule has 0 aromatic rings. The van der Waals surface area contributed by atoms with E-state index < -0.39 is 5.51 Å². The van der Waals surface area contributed by atoms with Crippen LogP contribution in [0.1, 0.15) is 25.7 Å². The van der Waals surface area contributed by atoms with Gasteiger partial charge in [-0.15, -0.1) is 0 Å². The summed E-state index contributed by atoms with van der Waals surface area (Å²) in [5.74, 6) is 0.642. The zero-order chi connectivity index (χ0) is 10.4. The Morgan fingerprint density at radius 3 is 2.79 bits per heavy atom. The molecule has 1 nitrogen and oxygen atoms in total. The highest BCUT2D eigenvalue weighted by Gasteiger charge is 2.28. The fourth-order valence-electron chi connectivity index (χ4n) is 1.68. The van der Waals surface area contributed by atoms with Gasteiger partial charge < -0.3 is 5.32 Å². The molecule has 1 atom stereocenters. The fourth-order valence-corrected chi connectivity index (χ4v) is 2.36. The Balaban J connectivity index is 2.10. The SMILES string of the molecule is FC(F)(F)SCCC1CCCCNC1. The van der Waals surface area contributed by atoms with Crippen LogP contribution in [0.4, 0.5) is 13.2 Å². The first-order valence-corrected chi connectivity index (χ1v) is 5.98. The van der Waals surface area contributed by atoms with Crippen molar-refractivity contribution >= 4 is 11.8 Å². The molecule has 1 aliphatic heterocycles. The third kappa shape index (κ3) is 5.75. The summed E-state index contributed by atoms with van der Waals surface area (Å²) in [5.41, 5.74) is -4.06. The molecule has 0 spiro atoms. The Labute approximate surface area is 86.8 Å². The van der Waals surface area contributed by atoms with Gasteiger partial charge in [-0.1, -0.05) is 18.2 Å². The van der Waals surface area contributed by atoms with Crippen molar-refractivity contribution in [2.75, 3.05) is 18.8 Å². The first kappa shape index (κ1) is 12.2. The van der Waals surface area contributed by atoms with Crippen LogP contribution < -0.4 is 5.32 Å².